The highest BCUT2D eigenvalue weighted by Gasteiger charge is 2.15. The molecule has 1 aromatic heterocycles. The van der Waals surface area contributed by atoms with Crippen LogP contribution >= 0.6 is 23.1 Å². The van der Waals surface area contributed by atoms with Gasteiger partial charge in [0.2, 0.25) is 5.13 Å². The molecule has 1 heterocycles. The van der Waals surface area contributed by atoms with Crippen LogP contribution in [0.1, 0.15) is 21.5 Å². The summed E-state index contributed by atoms with van der Waals surface area (Å²) in [5, 5.41) is 19.2. The molecule has 0 atom stereocenters. The minimum Gasteiger partial charge on any atom is -0.296 e. The second-order valence-electron chi connectivity index (χ2n) is 5.05. The SMILES string of the molecule is N#Cc1ccc(CSc2nnc(NC(=O)c3cc(F)ccc3F)s2)cc1. The van der Waals surface area contributed by atoms with Crippen LogP contribution in [0, 0.1) is 23.0 Å². The Kier molecular flexibility index (Phi) is 5.55. The molecule has 0 radical (unpaired) electrons. The molecular formula is C17H10F2N4OS2. The van der Waals surface area contributed by atoms with Gasteiger partial charge in [0.05, 0.1) is 17.2 Å². The molecule has 0 spiro atoms. The summed E-state index contributed by atoms with van der Waals surface area (Å²) in [5.41, 5.74) is 1.20. The summed E-state index contributed by atoms with van der Waals surface area (Å²) >= 11 is 2.55. The number of thioether (sulfide) groups is 1. The van der Waals surface area contributed by atoms with E-state index in [-0.39, 0.29) is 5.13 Å². The van der Waals surface area contributed by atoms with E-state index in [1.807, 2.05) is 12.1 Å². The molecule has 0 fully saturated rings. The molecule has 0 saturated carbocycles. The lowest BCUT2D eigenvalue weighted by atomic mass is 10.2. The molecule has 0 aliphatic rings. The molecule has 0 bridgehead atoms. The van der Waals surface area contributed by atoms with Crippen LogP contribution in [0.3, 0.4) is 0 Å². The highest BCUT2D eigenvalue weighted by atomic mass is 32.2. The Labute approximate surface area is 155 Å². The molecule has 0 unspecified atom stereocenters. The van der Waals surface area contributed by atoms with E-state index in [1.165, 1.54) is 11.8 Å². The van der Waals surface area contributed by atoms with Crippen molar-refractivity contribution < 1.29 is 13.6 Å². The summed E-state index contributed by atoms with van der Waals surface area (Å²) in [6, 6.07) is 11.9. The fraction of sp³-hybridized carbons (Fsp3) is 0.0588. The zero-order valence-electron chi connectivity index (χ0n) is 13.1. The zero-order valence-corrected chi connectivity index (χ0v) is 14.7. The van der Waals surface area contributed by atoms with E-state index in [0.29, 0.717) is 15.7 Å². The fourth-order valence-corrected chi connectivity index (χ4v) is 3.68. The molecule has 2 aromatic carbocycles. The van der Waals surface area contributed by atoms with E-state index in [0.717, 1.165) is 35.1 Å². The van der Waals surface area contributed by atoms with Crippen LogP contribution in [0.4, 0.5) is 13.9 Å². The highest BCUT2D eigenvalue weighted by molar-refractivity contribution is 8.00. The number of carbonyl (C=O) groups is 1. The molecule has 3 rings (SSSR count). The largest absolute Gasteiger partial charge is 0.296 e. The monoisotopic (exact) mass is 388 g/mol. The van der Waals surface area contributed by atoms with Gasteiger partial charge in [0.15, 0.2) is 4.34 Å². The Hall–Kier alpha value is -2.83. The Morgan fingerprint density at radius 3 is 2.69 bits per heavy atom. The smallest absolute Gasteiger partial charge is 0.260 e. The predicted molar refractivity (Wildman–Crippen MR) is 94.9 cm³/mol. The molecule has 5 nitrogen and oxygen atoms in total. The average Bonchev–Trinajstić information content (AvgIpc) is 3.09. The molecule has 0 aliphatic heterocycles. The maximum absolute atomic E-state index is 13.6. The van der Waals surface area contributed by atoms with Crippen molar-refractivity contribution in [2.45, 2.75) is 10.1 Å². The normalized spacial score (nSPS) is 10.3. The number of nitriles is 1. The van der Waals surface area contributed by atoms with Crippen molar-refractivity contribution in [3.05, 3.63) is 70.8 Å². The average molecular weight is 388 g/mol. The van der Waals surface area contributed by atoms with Crippen molar-refractivity contribution in [1.82, 2.24) is 10.2 Å². The second kappa shape index (κ2) is 8.03. The van der Waals surface area contributed by atoms with Gasteiger partial charge < -0.3 is 0 Å². The number of rotatable bonds is 5. The first kappa shape index (κ1) is 18.0. The van der Waals surface area contributed by atoms with Crippen LogP contribution in [0.25, 0.3) is 0 Å². The minimum atomic E-state index is -0.816. The van der Waals surface area contributed by atoms with Crippen molar-refractivity contribution in [2.75, 3.05) is 5.32 Å². The van der Waals surface area contributed by atoms with E-state index in [9.17, 15) is 13.6 Å². The number of halogens is 2. The fourth-order valence-electron chi connectivity index (χ4n) is 1.98. The number of hydrogen-bond acceptors (Lipinski definition) is 6. The maximum Gasteiger partial charge on any atom is 0.260 e. The van der Waals surface area contributed by atoms with Crippen LogP contribution < -0.4 is 5.32 Å². The molecule has 1 N–H and O–H groups in total. The van der Waals surface area contributed by atoms with Gasteiger partial charge in [0, 0.05) is 5.75 Å². The van der Waals surface area contributed by atoms with Crippen molar-refractivity contribution in [1.29, 1.82) is 5.26 Å². The van der Waals surface area contributed by atoms with Crippen molar-refractivity contribution in [2.24, 2.45) is 0 Å². The van der Waals surface area contributed by atoms with E-state index < -0.39 is 23.1 Å². The molecule has 1 amide bonds. The first-order chi connectivity index (χ1) is 12.5. The third-order valence-corrected chi connectivity index (χ3v) is 5.29. The summed E-state index contributed by atoms with van der Waals surface area (Å²) in [5.74, 6) is -1.69. The standard InChI is InChI=1S/C17H10F2N4OS2/c18-12-5-6-14(19)13(7-12)15(24)21-16-22-23-17(26-16)25-9-11-3-1-10(8-20)2-4-11/h1-7H,9H2,(H,21,22,24). The van der Waals surface area contributed by atoms with Gasteiger partial charge in [0.1, 0.15) is 11.6 Å². The van der Waals surface area contributed by atoms with Gasteiger partial charge in [-0.3, -0.25) is 10.1 Å². The number of anilines is 1. The van der Waals surface area contributed by atoms with Crippen LogP contribution in [-0.2, 0) is 5.75 Å². The van der Waals surface area contributed by atoms with Gasteiger partial charge in [-0.05, 0) is 35.9 Å². The lowest BCUT2D eigenvalue weighted by Gasteiger charge is -2.02. The lowest BCUT2D eigenvalue weighted by Crippen LogP contribution is -2.13. The third kappa shape index (κ3) is 4.41. The Morgan fingerprint density at radius 2 is 1.96 bits per heavy atom. The van der Waals surface area contributed by atoms with Crippen molar-refractivity contribution in [3.63, 3.8) is 0 Å². The summed E-state index contributed by atoms with van der Waals surface area (Å²) in [6.07, 6.45) is 0. The first-order valence-corrected chi connectivity index (χ1v) is 9.07. The number of benzene rings is 2. The molecular weight excluding hydrogens is 378 g/mol. The Morgan fingerprint density at radius 1 is 1.19 bits per heavy atom. The summed E-state index contributed by atoms with van der Waals surface area (Å²) in [6.45, 7) is 0. The third-order valence-electron chi connectivity index (χ3n) is 3.25. The molecule has 9 heteroatoms. The highest BCUT2D eigenvalue weighted by Crippen LogP contribution is 2.28. The number of aromatic nitrogens is 2. The molecule has 130 valence electrons. The summed E-state index contributed by atoms with van der Waals surface area (Å²) in [7, 11) is 0. The van der Waals surface area contributed by atoms with Crippen molar-refractivity contribution >= 4 is 34.1 Å². The number of hydrogen-bond donors (Lipinski definition) is 1. The van der Waals surface area contributed by atoms with Gasteiger partial charge in [-0.2, -0.15) is 5.26 Å². The topological polar surface area (TPSA) is 78.7 Å². The Bertz CT molecular complexity index is 983. The van der Waals surface area contributed by atoms with Gasteiger partial charge in [-0.25, -0.2) is 8.78 Å². The quantitative estimate of drug-likeness (QED) is 0.523. The first-order valence-electron chi connectivity index (χ1n) is 7.27. The number of carbonyl (C=O) groups excluding carboxylic acids is 1. The van der Waals surface area contributed by atoms with E-state index in [4.69, 9.17) is 5.26 Å². The lowest BCUT2D eigenvalue weighted by molar-refractivity contribution is 0.102. The molecule has 26 heavy (non-hydrogen) atoms. The molecule has 3 aromatic rings. The van der Waals surface area contributed by atoms with Gasteiger partial charge in [0.25, 0.3) is 5.91 Å². The van der Waals surface area contributed by atoms with E-state index >= 15 is 0 Å². The number of nitrogens with zero attached hydrogens (tertiary/aromatic N) is 3. The summed E-state index contributed by atoms with van der Waals surface area (Å²) in [4.78, 5) is 12.0. The summed E-state index contributed by atoms with van der Waals surface area (Å²) < 4.78 is 27.4. The van der Waals surface area contributed by atoms with Gasteiger partial charge in [-0.1, -0.05) is 35.2 Å². The minimum absolute atomic E-state index is 0.195. The Balaban J connectivity index is 1.61. The van der Waals surface area contributed by atoms with E-state index in [1.54, 1.807) is 12.1 Å². The van der Waals surface area contributed by atoms with Crippen LogP contribution in [0.15, 0.2) is 46.8 Å². The molecule has 0 saturated heterocycles. The predicted octanol–water partition coefficient (Wildman–Crippen LogP) is 4.23. The van der Waals surface area contributed by atoms with E-state index in [2.05, 4.69) is 21.6 Å². The van der Waals surface area contributed by atoms with Crippen LogP contribution in [-0.4, -0.2) is 16.1 Å². The second-order valence-corrected chi connectivity index (χ2v) is 7.25. The zero-order chi connectivity index (χ0) is 18.5. The van der Waals surface area contributed by atoms with Crippen LogP contribution in [0.2, 0.25) is 0 Å². The van der Waals surface area contributed by atoms with Crippen LogP contribution in [0.5, 0.6) is 0 Å². The maximum atomic E-state index is 13.6. The number of nitrogens with one attached hydrogen (secondary N) is 1. The number of amides is 1. The van der Waals surface area contributed by atoms with Gasteiger partial charge >= 0.3 is 0 Å². The van der Waals surface area contributed by atoms with Gasteiger partial charge in [-0.15, -0.1) is 10.2 Å². The van der Waals surface area contributed by atoms with Crippen molar-refractivity contribution in [3.8, 4) is 6.07 Å². The molecule has 0 aliphatic carbocycles.